The third-order valence-corrected chi connectivity index (χ3v) is 4.71. The van der Waals surface area contributed by atoms with E-state index in [1.165, 1.54) is 50.1 Å². The van der Waals surface area contributed by atoms with Crippen LogP contribution < -0.4 is 5.32 Å². The molecule has 0 unspecified atom stereocenters. The lowest BCUT2D eigenvalue weighted by molar-refractivity contribution is 0.221. The van der Waals surface area contributed by atoms with Crippen molar-refractivity contribution < 1.29 is 0 Å². The Kier molecular flexibility index (Phi) is 2.85. The van der Waals surface area contributed by atoms with Crippen LogP contribution in [0.4, 0.5) is 5.13 Å². The molecule has 1 aromatic heterocycles. The maximum absolute atomic E-state index is 4.66. The molecule has 2 saturated carbocycles. The molecular formula is C13H21N3S. The predicted molar refractivity (Wildman–Crippen MR) is 71.5 cm³/mol. The highest BCUT2D eigenvalue weighted by atomic mass is 32.1. The van der Waals surface area contributed by atoms with Crippen molar-refractivity contribution >= 4 is 16.7 Å². The highest BCUT2D eigenvalue weighted by molar-refractivity contribution is 7.09. The number of hydrogen-bond acceptors (Lipinski definition) is 4. The molecule has 2 aliphatic rings. The number of nitrogens with zero attached hydrogens (tertiary/aromatic N) is 2. The molecule has 2 fully saturated rings. The fourth-order valence-electron chi connectivity index (χ4n) is 2.52. The van der Waals surface area contributed by atoms with Crippen LogP contribution in [0.3, 0.4) is 0 Å². The Labute approximate surface area is 107 Å². The van der Waals surface area contributed by atoms with Crippen LogP contribution in [0.2, 0.25) is 0 Å². The zero-order valence-corrected chi connectivity index (χ0v) is 11.5. The molecule has 17 heavy (non-hydrogen) atoms. The van der Waals surface area contributed by atoms with Crippen LogP contribution >= 0.6 is 11.5 Å². The van der Waals surface area contributed by atoms with Crippen molar-refractivity contribution in [1.29, 1.82) is 0 Å². The molecule has 1 heterocycles. The van der Waals surface area contributed by atoms with Gasteiger partial charge in [-0.1, -0.05) is 13.8 Å². The maximum atomic E-state index is 4.66. The molecule has 0 radical (unpaired) electrons. The third-order valence-electron chi connectivity index (χ3n) is 4.05. The Bertz CT molecular complexity index is 385. The van der Waals surface area contributed by atoms with Gasteiger partial charge in [0.25, 0.3) is 0 Å². The molecule has 0 aliphatic heterocycles. The quantitative estimate of drug-likeness (QED) is 0.888. The Morgan fingerprint density at radius 1 is 1.18 bits per heavy atom. The minimum absolute atomic E-state index is 0.529. The van der Waals surface area contributed by atoms with Gasteiger partial charge in [0.1, 0.15) is 5.82 Å². The van der Waals surface area contributed by atoms with Gasteiger partial charge in [-0.25, -0.2) is 4.98 Å². The molecule has 0 spiro atoms. The topological polar surface area (TPSA) is 37.8 Å². The first kappa shape index (κ1) is 11.5. The fraction of sp³-hybridized carbons (Fsp3) is 0.846. The van der Waals surface area contributed by atoms with Crippen LogP contribution in [0.25, 0.3) is 0 Å². The summed E-state index contributed by atoms with van der Waals surface area (Å²) >= 11 is 1.54. The SMILES string of the molecule is CC1(C)CCC(c2nsc(NC3CC3)n2)CC1. The summed E-state index contributed by atoms with van der Waals surface area (Å²) in [5.74, 6) is 1.70. The fourth-order valence-corrected chi connectivity index (χ4v) is 3.24. The van der Waals surface area contributed by atoms with Gasteiger partial charge in [-0.2, -0.15) is 4.37 Å². The van der Waals surface area contributed by atoms with Crippen molar-refractivity contribution in [2.24, 2.45) is 5.41 Å². The third kappa shape index (κ3) is 2.79. The molecule has 1 aromatic rings. The summed E-state index contributed by atoms with van der Waals surface area (Å²) in [7, 11) is 0. The molecule has 0 atom stereocenters. The largest absolute Gasteiger partial charge is 0.358 e. The number of hydrogen-bond donors (Lipinski definition) is 1. The Morgan fingerprint density at radius 2 is 1.88 bits per heavy atom. The standard InChI is InChI=1S/C13H21N3S/c1-13(2)7-5-9(6-8-13)11-15-12(17-16-11)14-10-3-4-10/h9-10H,3-8H2,1-2H3,(H,14,15,16). The Balaban J connectivity index is 1.62. The van der Waals surface area contributed by atoms with E-state index in [1.54, 1.807) is 0 Å². The monoisotopic (exact) mass is 251 g/mol. The van der Waals surface area contributed by atoms with Crippen molar-refractivity contribution in [2.75, 3.05) is 5.32 Å². The van der Waals surface area contributed by atoms with Gasteiger partial charge in [-0.3, -0.25) is 0 Å². The molecule has 0 saturated heterocycles. The van der Waals surface area contributed by atoms with E-state index in [-0.39, 0.29) is 0 Å². The normalized spacial score (nSPS) is 24.8. The summed E-state index contributed by atoms with van der Waals surface area (Å²) in [6.07, 6.45) is 7.72. The van der Waals surface area contributed by atoms with Crippen LogP contribution in [-0.4, -0.2) is 15.4 Å². The molecule has 4 heteroatoms. The van der Waals surface area contributed by atoms with Crippen molar-refractivity contribution in [3.8, 4) is 0 Å². The second kappa shape index (κ2) is 4.23. The molecule has 3 nitrogen and oxygen atoms in total. The molecule has 3 rings (SSSR count). The van der Waals surface area contributed by atoms with Gasteiger partial charge in [0.2, 0.25) is 5.13 Å². The van der Waals surface area contributed by atoms with Crippen molar-refractivity contribution in [3.05, 3.63) is 5.82 Å². The first-order valence-corrected chi connectivity index (χ1v) is 7.50. The summed E-state index contributed by atoms with van der Waals surface area (Å²) in [5.41, 5.74) is 0.529. The number of aromatic nitrogens is 2. The number of anilines is 1. The molecule has 0 bridgehead atoms. The van der Waals surface area contributed by atoms with E-state index in [2.05, 4.69) is 28.5 Å². The highest BCUT2D eigenvalue weighted by Crippen LogP contribution is 2.42. The first-order valence-electron chi connectivity index (χ1n) is 6.72. The lowest BCUT2D eigenvalue weighted by Crippen LogP contribution is -2.20. The van der Waals surface area contributed by atoms with Gasteiger partial charge in [0.05, 0.1) is 0 Å². The molecule has 2 aliphatic carbocycles. The van der Waals surface area contributed by atoms with E-state index >= 15 is 0 Å². The highest BCUT2D eigenvalue weighted by Gasteiger charge is 2.30. The number of nitrogens with one attached hydrogen (secondary N) is 1. The lowest BCUT2D eigenvalue weighted by atomic mass is 9.73. The summed E-state index contributed by atoms with van der Waals surface area (Å²) < 4.78 is 4.54. The Hall–Kier alpha value is -0.640. The first-order chi connectivity index (χ1) is 8.12. The zero-order chi connectivity index (χ0) is 11.9. The van der Waals surface area contributed by atoms with E-state index in [4.69, 9.17) is 0 Å². The number of rotatable bonds is 3. The second-order valence-corrected chi connectivity index (χ2v) is 7.07. The summed E-state index contributed by atoms with van der Waals surface area (Å²) in [5, 5.41) is 4.47. The zero-order valence-electron chi connectivity index (χ0n) is 10.7. The van der Waals surface area contributed by atoms with Crippen molar-refractivity contribution in [2.45, 2.75) is 64.3 Å². The Morgan fingerprint density at radius 3 is 2.53 bits per heavy atom. The average Bonchev–Trinajstić information content (AvgIpc) is 2.96. The van der Waals surface area contributed by atoms with Gasteiger partial charge in [-0.05, 0) is 43.9 Å². The van der Waals surface area contributed by atoms with Crippen LogP contribution in [0.5, 0.6) is 0 Å². The van der Waals surface area contributed by atoms with Crippen LogP contribution in [-0.2, 0) is 0 Å². The summed E-state index contributed by atoms with van der Waals surface area (Å²) in [6, 6.07) is 0.682. The predicted octanol–water partition coefficient (Wildman–Crippen LogP) is 3.80. The summed E-state index contributed by atoms with van der Waals surface area (Å²) in [4.78, 5) is 4.66. The van der Waals surface area contributed by atoms with Crippen molar-refractivity contribution in [3.63, 3.8) is 0 Å². The van der Waals surface area contributed by atoms with Gasteiger partial charge in [0, 0.05) is 23.5 Å². The van der Waals surface area contributed by atoms with Crippen LogP contribution in [0.1, 0.15) is 64.1 Å². The van der Waals surface area contributed by atoms with Crippen LogP contribution in [0.15, 0.2) is 0 Å². The lowest BCUT2D eigenvalue weighted by Gasteiger charge is -2.33. The van der Waals surface area contributed by atoms with E-state index < -0.39 is 0 Å². The van der Waals surface area contributed by atoms with Gasteiger partial charge >= 0.3 is 0 Å². The van der Waals surface area contributed by atoms with Gasteiger partial charge in [-0.15, -0.1) is 0 Å². The molecule has 1 N–H and O–H groups in total. The molecule has 0 aromatic carbocycles. The maximum Gasteiger partial charge on any atom is 0.202 e. The van der Waals surface area contributed by atoms with Crippen molar-refractivity contribution in [1.82, 2.24) is 9.36 Å². The van der Waals surface area contributed by atoms with E-state index in [0.29, 0.717) is 17.4 Å². The second-order valence-electron chi connectivity index (χ2n) is 6.31. The average molecular weight is 251 g/mol. The smallest absolute Gasteiger partial charge is 0.202 e. The minimum atomic E-state index is 0.529. The summed E-state index contributed by atoms with van der Waals surface area (Å²) in [6.45, 7) is 4.75. The molecule has 0 amide bonds. The van der Waals surface area contributed by atoms with Gasteiger partial charge in [0.15, 0.2) is 0 Å². The van der Waals surface area contributed by atoms with E-state index in [1.807, 2.05) is 0 Å². The minimum Gasteiger partial charge on any atom is -0.358 e. The van der Waals surface area contributed by atoms with Gasteiger partial charge < -0.3 is 5.32 Å². The van der Waals surface area contributed by atoms with E-state index in [0.717, 1.165) is 11.0 Å². The van der Waals surface area contributed by atoms with E-state index in [9.17, 15) is 0 Å². The molecule has 94 valence electrons. The van der Waals surface area contributed by atoms with Crippen LogP contribution in [0, 0.1) is 5.41 Å². The molecular weight excluding hydrogens is 230 g/mol.